The van der Waals surface area contributed by atoms with Gasteiger partial charge in [-0.3, -0.25) is 109 Å². The molecule has 16 atom stereocenters. The van der Waals surface area contributed by atoms with E-state index >= 15 is 0 Å². The second-order valence-corrected chi connectivity index (χ2v) is 40.2. The molecule has 0 aromatic heterocycles. The average Bonchev–Trinajstić information content (AvgIpc) is 1.49. The highest BCUT2D eigenvalue weighted by atomic mass is 32.2. The summed E-state index contributed by atoms with van der Waals surface area (Å²) in [4.78, 5) is 226. The monoisotopic (exact) mass is 2030 g/mol. The zero-order valence-electron chi connectivity index (χ0n) is 83.0. The molecule has 2 aromatic rings. The number of aliphatic hydroxyl groups is 1. The Hall–Kier alpha value is -13.0. The van der Waals surface area contributed by atoms with Crippen LogP contribution in [0, 0.1) is 90.6 Å². The van der Waals surface area contributed by atoms with Crippen molar-refractivity contribution in [2.45, 2.75) is 268 Å². The van der Waals surface area contributed by atoms with Crippen LogP contribution in [0.2, 0.25) is 0 Å². The molecule has 794 valence electrons. The second kappa shape index (κ2) is 58.7. The normalized spacial score (nSPS) is 20.7. The van der Waals surface area contributed by atoms with Crippen molar-refractivity contribution in [3.63, 3.8) is 0 Å². The maximum Gasteiger partial charge on any atom is 0.407 e. The Morgan fingerprint density at radius 1 is 0.514 bits per heavy atom. The first-order valence-electron chi connectivity index (χ1n) is 50.0. The topological polar surface area (TPSA) is 801 Å². The zero-order chi connectivity index (χ0) is 106. The number of nitrogens with one attached hydrogen (secondary N) is 18. The van der Waals surface area contributed by atoms with Gasteiger partial charge < -0.3 is 120 Å². The highest BCUT2D eigenvalue weighted by molar-refractivity contribution is 8.00. The van der Waals surface area contributed by atoms with Gasteiger partial charge in [-0.25, -0.2) is 4.79 Å². The number of allylic oxidation sites excluding steroid dienone is 1. The highest BCUT2D eigenvalue weighted by Crippen LogP contribution is 2.67. The van der Waals surface area contributed by atoms with E-state index in [2.05, 4.69) is 70.7 Å². The van der Waals surface area contributed by atoms with Gasteiger partial charge in [0.25, 0.3) is 0 Å². The number of carbonyl (C=O) groups excluding carboxylic acids is 16. The van der Waals surface area contributed by atoms with Gasteiger partial charge in [-0.15, -0.1) is 11.8 Å². The van der Waals surface area contributed by atoms with Gasteiger partial charge in [0, 0.05) is 144 Å². The first-order valence-corrected chi connectivity index (χ1v) is 51.0. The number of nitrogens with zero attached hydrogens (tertiary/aromatic N) is 1. The number of amides is 9. The van der Waals surface area contributed by atoms with Crippen LogP contribution >= 0.6 is 11.8 Å². The summed E-state index contributed by atoms with van der Waals surface area (Å²) >= 11 is 0.938. The van der Waals surface area contributed by atoms with Crippen molar-refractivity contribution in [3.8, 4) is 0 Å². The number of unbranched alkanes of at least 4 members (excludes halogenated alkanes) is 3. The van der Waals surface area contributed by atoms with Crippen LogP contribution in [0.25, 0.3) is 0 Å². The molecule has 3 saturated carbocycles. The van der Waals surface area contributed by atoms with E-state index < -0.39 is 201 Å². The number of ketones is 7. The van der Waals surface area contributed by atoms with Gasteiger partial charge in [0.1, 0.15) is 18.0 Å². The number of thioether (sulfide) groups is 1. The summed E-state index contributed by atoms with van der Waals surface area (Å²) in [6, 6.07) is 10.5. The van der Waals surface area contributed by atoms with Gasteiger partial charge in [-0.1, -0.05) is 81.7 Å². The highest BCUT2D eigenvalue weighted by Gasteiger charge is 2.68. The van der Waals surface area contributed by atoms with E-state index in [1.807, 2.05) is 19.1 Å². The van der Waals surface area contributed by atoms with Crippen LogP contribution in [-0.4, -0.2) is 239 Å². The standard InChI is InChI=1S/C98H153N27O18S/c1-57(18-12-39-113-89(101)102)84(136)122-69(24-15-42-116-92(107)108)73(127)47-61(22-13-40-114-90(103)104)86(138)123-70(25-16-43-117-93(109)110)74(128)48-62(23-14-41-115-91(105)106)87(139)124-71(26-17-44-118-94(111)112)75(129)50-63(83(100)135)56-144-78-52-81(134)125(88(78)140)45-11-5-8-27-80(133)121-72(46-58-19-6-4-7-20-58)76(130)49-60(21-9-10-38-99)85(137)120-65-31-28-59(29-32-65)55-143-95(141)119-54-79(132)98(142)37-35-68-67-33-30-64-51-66(126)34-36-96(64,2)82(67)77(131)53-97(68,98)3/h4,6-7,19-20,28-29,31-32,51,57,60-63,67-72,78,82,142H,5,8-18,21-27,30,33-50,52-56,99H2,1-3H3,(H2,100,135)(H,119,141)(H,120,137)(H,121,133)(H,122,136)(H,123,138)(H,124,139)(H4,101,102,113)(H4,103,104,114)(H4,105,106,115)(H4,107,108,116)(H4,109,110,117)(H4,111,112,118)/t57-,60-,61+,62+,63-,67+,68+,69-,70-,71-,72+,78?,82-,96+,97+,98+/m1/s1. The maximum absolute atomic E-state index is 15.0. The summed E-state index contributed by atoms with van der Waals surface area (Å²) in [6.45, 7) is 5.81. The summed E-state index contributed by atoms with van der Waals surface area (Å²) in [5.74, 6) is -15.8. The summed E-state index contributed by atoms with van der Waals surface area (Å²) in [7, 11) is 0. The van der Waals surface area contributed by atoms with E-state index in [1.54, 1.807) is 55.5 Å². The van der Waals surface area contributed by atoms with Crippen molar-refractivity contribution in [1.82, 2.24) is 63.4 Å². The Morgan fingerprint density at radius 3 is 1.50 bits per heavy atom. The number of primary amides is 1. The largest absolute Gasteiger partial charge is 0.445 e. The molecule has 7 rings (SSSR count). The lowest BCUT2D eigenvalue weighted by molar-refractivity contribution is -0.168. The number of fused-ring (bicyclic) bond motifs is 5. The Morgan fingerprint density at radius 2 is 0.993 bits per heavy atom. The molecular weight excluding hydrogens is 1880 g/mol. The fraction of sp³-hybridized carbons (Fsp3) is 0.633. The van der Waals surface area contributed by atoms with Crippen molar-refractivity contribution in [1.29, 1.82) is 32.5 Å². The molecule has 45 nitrogen and oxygen atoms in total. The Labute approximate surface area is 844 Å². The Bertz CT molecular complexity index is 4910. The number of alkyl carbamates (subject to hydrolysis) is 1. The summed E-state index contributed by atoms with van der Waals surface area (Å²) < 4.78 is 5.47. The number of imide groups is 1. The summed E-state index contributed by atoms with van der Waals surface area (Å²) in [5, 5.41) is 89.8. The number of Topliss-reactive ketones (excluding diaryl/α,β-unsaturated/α-hetero) is 6. The third kappa shape index (κ3) is 37.3. The molecule has 1 aliphatic heterocycles. The van der Waals surface area contributed by atoms with Crippen LogP contribution < -0.4 is 110 Å². The number of guanidine groups is 6. The van der Waals surface area contributed by atoms with Gasteiger partial charge in [-0.05, 0) is 194 Å². The summed E-state index contributed by atoms with van der Waals surface area (Å²) in [5.41, 5.74) is 44.4. The molecule has 5 aliphatic rings. The molecule has 46 heteroatoms. The molecule has 4 fully saturated rings. The molecule has 1 saturated heterocycles. The fourth-order valence-electron chi connectivity index (χ4n) is 20.2. The number of hydrogen-bond donors (Lipinski definition) is 27. The third-order valence-electron chi connectivity index (χ3n) is 28.3. The molecule has 0 radical (unpaired) electrons. The number of benzene rings is 2. The van der Waals surface area contributed by atoms with Crippen LogP contribution in [0.5, 0.6) is 0 Å². The number of rotatable bonds is 66. The number of likely N-dealkylation sites (tertiary alicyclic amines) is 1. The molecular formula is C98H153N27O18S. The van der Waals surface area contributed by atoms with Gasteiger partial charge in [0.2, 0.25) is 47.3 Å². The van der Waals surface area contributed by atoms with E-state index in [9.17, 15) is 81.8 Å². The first-order chi connectivity index (χ1) is 68.4. The SMILES string of the molecule is C[C@H](CCCNC(=N)N)C(=O)N[C@H](CCCNC(=N)N)C(=O)C[C@H](CCCNC(=N)N)C(=O)N[C@H](CCCNC(=N)N)C(=O)C[C@H](CCCNC(=N)N)C(=O)N[C@H](CCCNC(=N)N)C(=O)C[C@H](CSC1CC(=O)N(CCCCCC(=O)N[C@@H](Cc2ccccc2)C(=O)C[C@@H](CCCCN)C(=O)Nc2ccc(COC(=O)NCC(=O)[C@@]3(O)CC[C@H]4[C@@H]5CCC6=CC(=O)CC[C@]6(C)[C@H]5C(=O)C[C@@]43C)cc2)C1=O)C(N)=O. The van der Waals surface area contributed by atoms with Crippen LogP contribution in [0.15, 0.2) is 66.2 Å². The van der Waals surface area contributed by atoms with Gasteiger partial charge >= 0.3 is 6.09 Å². The Balaban J connectivity index is 0.932. The maximum atomic E-state index is 15.0. The quantitative estimate of drug-likeness (QED) is 0.0193. The van der Waals surface area contributed by atoms with Crippen LogP contribution in [-0.2, 0) is 89.7 Å². The van der Waals surface area contributed by atoms with E-state index in [1.165, 1.54) is 0 Å². The number of anilines is 1. The van der Waals surface area contributed by atoms with Crippen molar-refractivity contribution in [2.24, 2.45) is 104 Å². The van der Waals surface area contributed by atoms with Crippen molar-refractivity contribution < 1.29 is 86.6 Å². The lowest BCUT2D eigenvalue weighted by Gasteiger charge is -2.57. The zero-order valence-corrected chi connectivity index (χ0v) is 83.9. The van der Waals surface area contributed by atoms with E-state index in [0.717, 1.165) is 27.8 Å². The number of hydrogen-bond acceptors (Lipinski definition) is 26. The smallest absolute Gasteiger partial charge is 0.407 e. The van der Waals surface area contributed by atoms with Gasteiger partial charge in [-0.2, -0.15) is 0 Å². The molecule has 1 unspecified atom stereocenters. The lowest BCUT2D eigenvalue weighted by atomic mass is 9.46. The second-order valence-electron chi connectivity index (χ2n) is 39.0. The fourth-order valence-corrected chi connectivity index (χ4v) is 21.5. The number of ether oxygens (including phenoxy) is 1. The minimum absolute atomic E-state index is 0.00861. The van der Waals surface area contributed by atoms with Crippen LogP contribution in [0.3, 0.4) is 0 Å². The summed E-state index contributed by atoms with van der Waals surface area (Å²) in [6.07, 6.45) is 5.36. The molecule has 0 bridgehead atoms. The molecule has 2 aromatic carbocycles. The molecule has 0 spiro atoms. The molecule has 9 amide bonds. The van der Waals surface area contributed by atoms with Crippen LogP contribution in [0.1, 0.15) is 231 Å². The molecule has 144 heavy (non-hydrogen) atoms. The molecule has 1 heterocycles. The van der Waals surface area contributed by atoms with E-state index in [0.29, 0.717) is 88.5 Å². The van der Waals surface area contributed by atoms with Crippen molar-refractivity contribution in [3.05, 3.63) is 77.4 Å². The van der Waals surface area contributed by atoms with Crippen LogP contribution in [0.4, 0.5) is 10.5 Å². The van der Waals surface area contributed by atoms with Gasteiger partial charge in [0.05, 0.1) is 41.9 Å². The van der Waals surface area contributed by atoms with Crippen molar-refractivity contribution in [2.75, 3.05) is 70.0 Å². The van der Waals surface area contributed by atoms with E-state index in [4.69, 9.17) is 83.1 Å². The average molecular weight is 2030 g/mol. The predicted molar refractivity (Wildman–Crippen MR) is 543 cm³/mol. The number of nitrogens with two attached hydrogens (primary N) is 8. The minimum atomic E-state index is -1.86. The Kier molecular flexibility index (Phi) is 48.1. The van der Waals surface area contributed by atoms with Gasteiger partial charge in [0.15, 0.2) is 70.5 Å². The first kappa shape index (κ1) is 118. The number of carbonyl (C=O) groups is 16. The predicted octanol–water partition coefficient (Wildman–Crippen LogP) is 1.60. The molecule has 4 aliphatic carbocycles. The van der Waals surface area contributed by atoms with E-state index in [-0.39, 0.29) is 221 Å². The van der Waals surface area contributed by atoms with Crippen molar-refractivity contribution >= 4 is 147 Å². The molecule has 35 N–H and O–H groups in total. The minimum Gasteiger partial charge on any atom is -0.445 e. The third-order valence-corrected chi connectivity index (χ3v) is 29.7. The lowest BCUT2D eigenvalue weighted by Crippen LogP contribution is -2.61.